The highest BCUT2D eigenvalue weighted by Gasteiger charge is 2.39. The lowest BCUT2D eigenvalue weighted by Crippen LogP contribution is -2.51. The Labute approximate surface area is 125 Å². The van der Waals surface area contributed by atoms with Gasteiger partial charge in [-0.3, -0.25) is 0 Å². The fourth-order valence-electron chi connectivity index (χ4n) is 2.72. The molecule has 0 aromatic rings. The Morgan fingerprint density at radius 1 is 1.38 bits per heavy atom. The minimum absolute atomic E-state index is 0.0420. The molecule has 0 aromatic heterocycles. The number of hydrogen-bond acceptors (Lipinski definition) is 4. The van der Waals surface area contributed by atoms with Crippen LogP contribution < -0.4 is 5.32 Å². The highest BCUT2D eigenvalue weighted by molar-refractivity contribution is 5.83. The first kappa shape index (κ1) is 17.7. The number of β-amino-alcohol motifs (C(OH)–C–C–N with tert-alkyl or cyclic N) is 1. The zero-order chi connectivity index (χ0) is 16.2. The van der Waals surface area contributed by atoms with E-state index in [1.807, 2.05) is 19.0 Å². The molecule has 0 aliphatic carbocycles. The molecule has 0 bridgehead atoms. The van der Waals surface area contributed by atoms with Crippen molar-refractivity contribution in [3.05, 3.63) is 0 Å². The van der Waals surface area contributed by atoms with Gasteiger partial charge in [0.2, 0.25) is 0 Å². The number of aliphatic hydroxyl groups excluding tert-OH is 1. The number of likely N-dealkylation sites (N-methyl/N-ethyl adjacent to an activating group) is 1. The molecule has 0 spiro atoms. The normalized spacial score (nSPS) is 23.7. The van der Waals surface area contributed by atoms with E-state index in [-0.39, 0.29) is 19.0 Å². The van der Waals surface area contributed by atoms with E-state index in [1.54, 1.807) is 0 Å². The van der Waals surface area contributed by atoms with Gasteiger partial charge >= 0.3 is 12.0 Å². The number of aliphatic hydroxyl groups is 1. The van der Waals surface area contributed by atoms with Crippen LogP contribution in [0.5, 0.6) is 0 Å². The number of carbonyl (C=O) groups is 2. The van der Waals surface area contributed by atoms with Gasteiger partial charge < -0.3 is 25.3 Å². The Hall–Kier alpha value is -1.34. The maximum absolute atomic E-state index is 12.3. The van der Waals surface area contributed by atoms with Crippen LogP contribution in [0.3, 0.4) is 0 Å². The van der Waals surface area contributed by atoms with Gasteiger partial charge in [-0.2, -0.15) is 0 Å². The van der Waals surface area contributed by atoms with Crippen LogP contribution in [0.4, 0.5) is 4.79 Å². The van der Waals surface area contributed by atoms with E-state index >= 15 is 0 Å². The van der Waals surface area contributed by atoms with Crippen LogP contribution in [-0.4, -0.2) is 77.4 Å². The molecule has 21 heavy (non-hydrogen) atoms. The minimum Gasteiger partial charge on any atom is -0.480 e. The van der Waals surface area contributed by atoms with Gasteiger partial charge in [-0.1, -0.05) is 13.8 Å². The maximum atomic E-state index is 12.3. The number of likely N-dealkylation sites (tertiary alicyclic amines) is 1. The number of hydrogen-bond donors (Lipinski definition) is 3. The quantitative estimate of drug-likeness (QED) is 0.651. The van der Waals surface area contributed by atoms with Gasteiger partial charge in [-0.05, 0) is 26.4 Å². The van der Waals surface area contributed by atoms with Gasteiger partial charge in [0.15, 0.2) is 0 Å². The summed E-state index contributed by atoms with van der Waals surface area (Å²) in [4.78, 5) is 26.7. The van der Waals surface area contributed by atoms with Crippen molar-refractivity contribution < 1.29 is 19.8 Å². The molecule has 7 nitrogen and oxygen atoms in total. The second-order valence-electron chi connectivity index (χ2n) is 6.43. The number of rotatable bonds is 6. The molecule has 122 valence electrons. The molecule has 0 radical (unpaired) electrons. The van der Waals surface area contributed by atoms with Gasteiger partial charge in [0, 0.05) is 25.6 Å². The molecule has 1 aliphatic rings. The summed E-state index contributed by atoms with van der Waals surface area (Å²) in [5.74, 6) is -0.649. The Morgan fingerprint density at radius 3 is 2.48 bits per heavy atom. The van der Waals surface area contributed by atoms with Crippen LogP contribution in [-0.2, 0) is 4.79 Å². The Bertz CT molecular complexity index is 363. The third kappa shape index (κ3) is 5.51. The molecule has 1 aliphatic heterocycles. The molecular weight excluding hydrogens is 274 g/mol. The van der Waals surface area contributed by atoms with Crippen molar-refractivity contribution in [1.29, 1.82) is 0 Å². The standard InChI is InChI=1S/C14H27N3O4/c1-9(2)5-10(7-16(3)4)15-14(21)17-8-11(18)6-12(17)13(19)20/h9-12,18H,5-8H2,1-4H3,(H,15,21)(H,19,20)/t10?,11-,12-/m0/s1. The van der Waals surface area contributed by atoms with E-state index in [2.05, 4.69) is 19.2 Å². The van der Waals surface area contributed by atoms with Gasteiger partial charge in [-0.15, -0.1) is 0 Å². The number of carbonyl (C=O) groups excluding carboxylic acids is 1. The van der Waals surface area contributed by atoms with E-state index in [1.165, 1.54) is 4.90 Å². The summed E-state index contributed by atoms with van der Waals surface area (Å²) in [6, 6.07) is -1.40. The average molecular weight is 301 g/mol. The fraction of sp³-hybridized carbons (Fsp3) is 0.857. The van der Waals surface area contributed by atoms with Crippen LogP contribution >= 0.6 is 0 Å². The third-order valence-corrected chi connectivity index (χ3v) is 3.49. The van der Waals surface area contributed by atoms with Crippen molar-refractivity contribution >= 4 is 12.0 Å². The lowest BCUT2D eigenvalue weighted by atomic mass is 10.0. The Balaban J connectivity index is 2.69. The summed E-state index contributed by atoms with van der Waals surface area (Å²) in [5.41, 5.74) is 0. The fourth-order valence-corrected chi connectivity index (χ4v) is 2.72. The highest BCUT2D eigenvalue weighted by atomic mass is 16.4. The molecule has 1 fully saturated rings. The van der Waals surface area contributed by atoms with Gasteiger partial charge in [0.1, 0.15) is 6.04 Å². The van der Waals surface area contributed by atoms with Crippen molar-refractivity contribution in [2.75, 3.05) is 27.2 Å². The number of aliphatic carboxylic acids is 1. The average Bonchev–Trinajstić information content (AvgIpc) is 2.69. The molecular formula is C14H27N3O4. The number of amides is 2. The van der Waals surface area contributed by atoms with E-state index in [9.17, 15) is 14.7 Å². The van der Waals surface area contributed by atoms with Crippen molar-refractivity contribution in [2.24, 2.45) is 5.92 Å². The zero-order valence-electron chi connectivity index (χ0n) is 13.2. The van der Waals surface area contributed by atoms with Crippen molar-refractivity contribution in [1.82, 2.24) is 15.1 Å². The first-order valence-electron chi connectivity index (χ1n) is 7.33. The predicted molar refractivity (Wildman–Crippen MR) is 79.1 cm³/mol. The number of nitrogens with zero attached hydrogens (tertiary/aromatic N) is 2. The molecule has 3 atom stereocenters. The van der Waals surface area contributed by atoms with Crippen molar-refractivity contribution in [3.8, 4) is 0 Å². The number of carboxylic acid groups (broad SMARTS) is 1. The number of carboxylic acids is 1. The Morgan fingerprint density at radius 2 is 2.00 bits per heavy atom. The largest absolute Gasteiger partial charge is 0.480 e. The summed E-state index contributed by atoms with van der Waals surface area (Å²) < 4.78 is 0. The second-order valence-corrected chi connectivity index (χ2v) is 6.43. The summed E-state index contributed by atoms with van der Waals surface area (Å²) >= 11 is 0. The molecule has 1 rings (SSSR count). The van der Waals surface area contributed by atoms with Gasteiger partial charge in [0.25, 0.3) is 0 Å². The van der Waals surface area contributed by atoms with Gasteiger partial charge in [0.05, 0.1) is 6.10 Å². The van der Waals surface area contributed by atoms with Crippen LogP contribution in [0, 0.1) is 5.92 Å². The van der Waals surface area contributed by atoms with Crippen LogP contribution in [0.2, 0.25) is 0 Å². The van der Waals surface area contributed by atoms with E-state index in [0.717, 1.165) is 6.42 Å². The molecule has 0 aromatic carbocycles. The monoisotopic (exact) mass is 301 g/mol. The van der Waals surface area contributed by atoms with Crippen LogP contribution in [0.25, 0.3) is 0 Å². The first-order valence-corrected chi connectivity index (χ1v) is 7.33. The van der Waals surface area contributed by atoms with Crippen LogP contribution in [0.1, 0.15) is 26.7 Å². The van der Waals surface area contributed by atoms with E-state index in [0.29, 0.717) is 12.5 Å². The smallest absolute Gasteiger partial charge is 0.326 e. The highest BCUT2D eigenvalue weighted by Crippen LogP contribution is 2.18. The topological polar surface area (TPSA) is 93.1 Å². The predicted octanol–water partition coefficient (Wildman–Crippen LogP) is 0.192. The zero-order valence-corrected chi connectivity index (χ0v) is 13.2. The van der Waals surface area contributed by atoms with Crippen molar-refractivity contribution in [3.63, 3.8) is 0 Å². The van der Waals surface area contributed by atoms with E-state index < -0.39 is 24.1 Å². The number of urea groups is 1. The maximum Gasteiger partial charge on any atom is 0.326 e. The van der Waals surface area contributed by atoms with Crippen LogP contribution in [0.15, 0.2) is 0 Å². The molecule has 1 unspecified atom stereocenters. The Kier molecular flexibility index (Phi) is 6.42. The molecule has 1 heterocycles. The summed E-state index contributed by atoms with van der Waals surface area (Å²) in [6.07, 6.45) is 0.137. The summed E-state index contributed by atoms with van der Waals surface area (Å²) in [7, 11) is 3.86. The van der Waals surface area contributed by atoms with Crippen molar-refractivity contribution in [2.45, 2.75) is 44.9 Å². The van der Waals surface area contributed by atoms with E-state index in [4.69, 9.17) is 5.11 Å². The third-order valence-electron chi connectivity index (χ3n) is 3.49. The lowest BCUT2D eigenvalue weighted by Gasteiger charge is -2.28. The molecule has 7 heteroatoms. The molecule has 2 amide bonds. The summed E-state index contributed by atoms with van der Waals surface area (Å²) in [5, 5.41) is 21.6. The molecule has 3 N–H and O–H groups in total. The molecule has 0 saturated carbocycles. The SMILES string of the molecule is CC(C)CC(CN(C)C)NC(=O)N1C[C@@H](O)C[C@H]1C(=O)O. The second kappa shape index (κ2) is 7.61. The number of nitrogens with one attached hydrogen (secondary N) is 1. The summed E-state index contributed by atoms with van der Waals surface area (Å²) in [6.45, 7) is 4.92. The van der Waals surface area contributed by atoms with Gasteiger partial charge in [-0.25, -0.2) is 9.59 Å². The lowest BCUT2D eigenvalue weighted by molar-refractivity contribution is -0.141. The molecule has 1 saturated heterocycles. The minimum atomic E-state index is -1.07. The first-order chi connectivity index (χ1) is 9.70.